The average Bonchev–Trinajstić information content (AvgIpc) is 3.35. The number of hydrogen-bond donors (Lipinski definition) is 0. The Morgan fingerprint density at radius 3 is 2.22 bits per heavy atom. The first-order valence-corrected chi connectivity index (χ1v) is 13.5. The van der Waals surface area contributed by atoms with Crippen LogP contribution in [0.4, 0.5) is 13.2 Å². The van der Waals surface area contributed by atoms with Crippen molar-refractivity contribution in [3.63, 3.8) is 0 Å². The minimum atomic E-state index is -4.35. The maximum absolute atomic E-state index is 12.9. The van der Waals surface area contributed by atoms with Gasteiger partial charge >= 0.3 is 6.18 Å². The number of alkyl halides is 3. The van der Waals surface area contributed by atoms with Crippen molar-refractivity contribution in [2.24, 2.45) is 7.05 Å². The van der Waals surface area contributed by atoms with Gasteiger partial charge in [-0.3, -0.25) is 4.98 Å². The summed E-state index contributed by atoms with van der Waals surface area (Å²) >= 11 is 0. The summed E-state index contributed by atoms with van der Waals surface area (Å²) in [5.41, 5.74) is 5.73. The molecule has 41 heavy (non-hydrogen) atoms. The second kappa shape index (κ2) is 12.2. The highest BCUT2D eigenvalue weighted by atomic mass is 19.4. The molecular formula is C34H29F3N4. The van der Waals surface area contributed by atoms with Gasteiger partial charge in [0.25, 0.3) is 0 Å². The van der Waals surface area contributed by atoms with E-state index in [1.807, 2.05) is 60.3 Å². The second-order valence-corrected chi connectivity index (χ2v) is 9.88. The molecule has 0 aliphatic rings. The van der Waals surface area contributed by atoms with Crippen molar-refractivity contribution in [3.8, 4) is 34.5 Å². The highest BCUT2D eigenvalue weighted by molar-refractivity contribution is 5.61. The van der Waals surface area contributed by atoms with E-state index in [1.165, 1.54) is 17.7 Å². The summed E-state index contributed by atoms with van der Waals surface area (Å²) in [7, 11) is 1.91. The lowest BCUT2D eigenvalue weighted by atomic mass is 10.0. The van der Waals surface area contributed by atoms with Crippen LogP contribution in [0.15, 0.2) is 91.1 Å². The fourth-order valence-electron chi connectivity index (χ4n) is 4.56. The molecule has 0 amide bonds. The predicted molar refractivity (Wildman–Crippen MR) is 155 cm³/mol. The molecule has 0 aliphatic carbocycles. The molecule has 4 nitrogen and oxygen atoms in total. The third-order valence-electron chi connectivity index (χ3n) is 6.74. The molecule has 0 fully saturated rings. The molecule has 0 radical (unpaired) electrons. The highest BCUT2D eigenvalue weighted by Crippen LogP contribution is 2.30. The van der Waals surface area contributed by atoms with Crippen LogP contribution in [0.25, 0.3) is 22.6 Å². The number of rotatable bonds is 7. The maximum atomic E-state index is 12.9. The van der Waals surface area contributed by atoms with E-state index >= 15 is 0 Å². The van der Waals surface area contributed by atoms with Crippen molar-refractivity contribution in [3.05, 3.63) is 125 Å². The van der Waals surface area contributed by atoms with Crippen LogP contribution in [0.3, 0.4) is 0 Å². The minimum absolute atomic E-state index is 0.658. The van der Waals surface area contributed by atoms with Gasteiger partial charge in [-0.05, 0) is 78.9 Å². The third-order valence-corrected chi connectivity index (χ3v) is 6.74. The number of nitrogens with zero attached hydrogens (tertiary/aromatic N) is 4. The molecule has 206 valence electrons. The van der Waals surface area contributed by atoms with Crippen LogP contribution in [-0.2, 0) is 32.5 Å². The number of benzene rings is 3. The molecule has 0 N–H and O–H groups in total. The van der Waals surface area contributed by atoms with Crippen LogP contribution in [-0.4, -0.2) is 19.7 Å². The van der Waals surface area contributed by atoms with Gasteiger partial charge < -0.3 is 0 Å². The Morgan fingerprint density at radius 1 is 0.756 bits per heavy atom. The molecule has 0 aliphatic heterocycles. The monoisotopic (exact) mass is 550 g/mol. The van der Waals surface area contributed by atoms with E-state index in [2.05, 4.69) is 46.0 Å². The van der Waals surface area contributed by atoms with Crippen LogP contribution in [0, 0.1) is 11.8 Å². The van der Waals surface area contributed by atoms with Gasteiger partial charge in [0.05, 0.1) is 11.3 Å². The highest BCUT2D eigenvalue weighted by Gasteiger charge is 2.30. The van der Waals surface area contributed by atoms with Crippen molar-refractivity contribution in [2.45, 2.75) is 38.8 Å². The molecule has 2 aromatic heterocycles. The van der Waals surface area contributed by atoms with E-state index in [4.69, 9.17) is 0 Å². The zero-order chi connectivity index (χ0) is 28.8. The normalized spacial score (nSPS) is 11.2. The smallest absolute Gasteiger partial charge is 0.256 e. The molecule has 3 aromatic carbocycles. The van der Waals surface area contributed by atoms with Crippen LogP contribution < -0.4 is 0 Å². The zero-order valence-corrected chi connectivity index (χ0v) is 22.9. The topological polar surface area (TPSA) is 43.6 Å². The quantitative estimate of drug-likeness (QED) is 0.195. The molecule has 0 bridgehead atoms. The lowest BCUT2D eigenvalue weighted by Gasteiger charge is -2.08. The second-order valence-electron chi connectivity index (χ2n) is 9.88. The Morgan fingerprint density at radius 2 is 1.49 bits per heavy atom. The fourth-order valence-corrected chi connectivity index (χ4v) is 4.56. The number of pyridine rings is 1. The van der Waals surface area contributed by atoms with E-state index < -0.39 is 11.7 Å². The molecule has 7 heteroatoms. The van der Waals surface area contributed by atoms with Gasteiger partial charge in [0.15, 0.2) is 11.6 Å². The van der Waals surface area contributed by atoms with Gasteiger partial charge in [-0.15, -0.1) is 0 Å². The van der Waals surface area contributed by atoms with Crippen molar-refractivity contribution in [2.75, 3.05) is 0 Å². The predicted octanol–water partition coefficient (Wildman–Crippen LogP) is 7.70. The van der Waals surface area contributed by atoms with E-state index in [-0.39, 0.29) is 0 Å². The molecule has 0 spiro atoms. The summed E-state index contributed by atoms with van der Waals surface area (Å²) in [6.07, 6.45) is 0.820. The van der Waals surface area contributed by atoms with Gasteiger partial charge in [0.2, 0.25) is 0 Å². The van der Waals surface area contributed by atoms with E-state index in [1.54, 1.807) is 6.20 Å². The average molecular weight is 551 g/mol. The Hall–Kier alpha value is -4.70. The largest absolute Gasteiger partial charge is 0.416 e. The first-order chi connectivity index (χ1) is 19.8. The summed E-state index contributed by atoms with van der Waals surface area (Å²) in [6.45, 7) is 2.12. The van der Waals surface area contributed by atoms with Crippen LogP contribution >= 0.6 is 0 Å². The summed E-state index contributed by atoms with van der Waals surface area (Å²) in [5, 5.41) is 4.50. The Kier molecular flexibility index (Phi) is 8.30. The van der Waals surface area contributed by atoms with Crippen molar-refractivity contribution < 1.29 is 13.2 Å². The number of halogens is 3. The standard InChI is InChI=1S/C34H29F3N4/c1-3-5-32-39-33(41(2)40-32)29-7-4-6-26(22-29)14-12-24-8-10-25(11-9-24)13-15-27-20-21-38-31(23-27)28-16-18-30(19-17-28)34(35,36)37/h4,6-11,16-23H,3,5,13,15H2,1-2H3. The Labute approximate surface area is 237 Å². The molecule has 0 unspecified atom stereocenters. The van der Waals surface area contributed by atoms with Gasteiger partial charge in [-0.1, -0.05) is 55.2 Å². The molecule has 2 heterocycles. The maximum Gasteiger partial charge on any atom is 0.416 e. The van der Waals surface area contributed by atoms with E-state index in [0.29, 0.717) is 11.3 Å². The molecule has 5 rings (SSSR count). The lowest BCUT2D eigenvalue weighted by molar-refractivity contribution is -0.137. The van der Waals surface area contributed by atoms with Crippen LogP contribution in [0.5, 0.6) is 0 Å². The van der Waals surface area contributed by atoms with E-state index in [0.717, 1.165) is 71.7 Å². The first kappa shape index (κ1) is 27.9. The van der Waals surface area contributed by atoms with Gasteiger partial charge in [0, 0.05) is 41.9 Å². The van der Waals surface area contributed by atoms with Crippen LogP contribution in [0.2, 0.25) is 0 Å². The van der Waals surface area contributed by atoms with Gasteiger partial charge in [0.1, 0.15) is 0 Å². The number of aryl methyl sites for hydroxylation is 4. The summed E-state index contributed by atoms with van der Waals surface area (Å²) < 4.78 is 40.4. The summed E-state index contributed by atoms with van der Waals surface area (Å²) in [4.78, 5) is 9.02. The molecule has 5 aromatic rings. The first-order valence-electron chi connectivity index (χ1n) is 13.5. The molecule has 0 saturated heterocycles. The van der Waals surface area contributed by atoms with Crippen molar-refractivity contribution >= 4 is 0 Å². The fraction of sp³-hybridized carbons (Fsp3) is 0.206. The van der Waals surface area contributed by atoms with Crippen LogP contribution in [0.1, 0.15) is 47.0 Å². The van der Waals surface area contributed by atoms with Crippen molar-refractivity contribution in [1.29, 1.82) is 0 Å². The molecular weight excluding hydrogens is 521 g/mol. The number of hydrogen-bond acceptors (Lipinski definition) is 3. The van der Waals surface area contributed by atoms with Crippen molar-refractivity contribution in [1.82, 2.24) is 19.7 Å². The zero-order valence-electron chi connectivity index (χ0n) is 22.9. The SMILES string of the molecule is CCCc1nc(-c2cccc(C#Cc3ccc(CCc4ccnc(-c5ccc(C(F)(F)F)cc5)c4)cc3)c2)n(C)n1. The van der Waals surface area contributed by atoms with Gasteiger partial charge in [-0.2, -0.15) is 18.3 Å². The number of aromatic nitrogens is 4. The molecule has 0 atom stereocenters. The minimum Gasteiger partial charge on any atom is -0.256 e. The molecule has 0 saturated carbocycles. The Balaban J connectivity index is 1.22. The Bertz CT molecular complexity index is 1690. The lowest BCUT2D eigenvalue weighted by Crippen LogP contribution is -2.04. The summed E-state index contributed by atoms with van der Waals surface area (Å²) in [5.74, 6) is 8.19. The summed E-state index contributed by atoms with van der Waals surface area (Å²) in [6, 6.07) is 25.2. The van der Waals surface area contributed by atoms with Gasteiger partial charge in [-0.25, -0.2) is 9.67 Å². The third kappa shape index (κ3) is 7.09. The van der Waals surface area contributed by atoms with E-state index in [9.17, 15) is 13.2 Å².